The quantitative estimate of drug-likeness (QED) is 0.551. The maximum Gasteiger partial charge on any atom is 0.210 e. The third-order valence-electron chi connectivity index (χ3n) is 3.38. The maximum atomic E-state index is 13.9. The van der Waals surface area contributed by atoms with Gasteiger partial charge in [-0.15, -0.1) is 10.2 Å². The van der Waals surface area contributed by atoms with Crippen LogP contribution in [0.5, 0.6) is 5.75 Å². The molecule has 0 unspecified atom stereocenters. The maximum absolute atomic E-state index is 13.9. The number of nitrogens with zero attached hydrogens (tertiary/aromatic N) is 3. The molecule has 2 N–H and O–H groups in total. The van der Waals surface area contributed by atoms with Crippen molar-refractivity contribution in [2.45, 2.75) is 10.9 Å². The number of hydrogen-bond acceptors (Lipinski definition) is 5. The lowest BCUT2D eigenvalue weighted by Crippen LogP contribution is -2.12. The van der Waals surface area contributed by atoms with Crippen molar-refractivity contribution < 1.29 is 9.13 Å². The van der Waals surface area contributed by atoms with Gasteiger partial charge in [0.15, 0.2) is 5.82 Å². The second kappa shape index (κ2) is 7.11. The van der Waals surface area contributed by atoms with Crippen LogP contribution < -0.4 is 10.6 Å². The molecule has 1 heterocycles. The van der Waals surface area contributed by atoms with Crippen LogP contribution in [0.1, 0.15) is 5.56 Å². The van der Waals surface area contributed by atoms with Crippen molar-refractivity contribution in [3.05, 3.63) is 58.9 Å². The van der Waals surface area contributed by atoms with Crippen LogP contribution in [0, 0.1) is 5.82 Å². The van der Waals surface area contributed by atoms with Crippen molar-refractivity contribution in [2.75, 3.05) is 13.0 Å². The first kappa shape index (κ1) is 16.6. The van der Waals surface area contributed by atoms with E-state index in [0.717, 1.165) is 11.3 Å². The molecular formula is C16H14ClFN4OS. The van der Waals surface area contributed by atoms with Crippen LogP contribution in [0.3, 0.4) is 0 Å². The van der Waals surface area contributed by atoms with E-state index in [-0.39, 0.29) is 5.82 Å². The van der Waals surface area contributed by atoms with Gasteiger partial charge in [0.05, 0.1) is 12.7 Å². The summed E-state index contributed by atoms with van der Waals surface area (Å²) in [6.07, 6.45) is 0. The van der Waals surface area contributed by atoms with Crippen molar-refractivity contribution >= 4 is 23.4 Å². The molecule has 0 atom stereocenters. The number of rotatable bonds is 5. The molecule has 0 bridgehead atoms. The van der Waals surface area contributed by atoms with Gasteiger partial charge in [-0.25, -0.2) is 9.07 Å². The molecule has 0 amide bonds. The van der Waals surface area contributed by atoms with Gasteiger partial charge in [0.2, 0.25) is 5.16 Å². The summed E-state index contributed by atoms with van der Waals surface area (Å²) in [5.74, 6) is 7.15. The van der Waals surface area contributed by atoms with Gasteiger partial charge in [0, 0.05) is 16.3 Å². The van der Waals surface area contributed by atoms with Crippen LogP contribution in [0.15, 0.2) is 47.6 Å². The Bertz CT molecular complexity index is 871. The average Bonchev–Trinajstić information content (AvgIpc) is 2.94. The highest BCUT2D eigenvalue weighted by Gasteiger charge is 2.16. The Balaban J connectivity index is 1.83. The first-order chi connectivity index (χ1) is 11.6. The Morgan fingerprint density at radius 2 is 2.04 bits per heavy atom. The highest BCUT2D eigenvalue weighted by atomic mass is 35.5. The van der Waals surface area contributed by atoms with Crippen LogP contribution in [0.25, 0.3) is 11.4 Å². The number of halogens is 2. The van der Waals surface area contributed by atoms with Gasteiger partial charge in [-0.05, 0) is 30.3 Å². The summed E-state index contributed by atoms with van der Waals surface area (Å²) in [6, 6.07) is 11.7. The van der Waals surface area contributed by atoms with E-state index >= 15 is 0 Å². The lowest BCUT2D eigenvalue weighted by atomic mass is 10.2. The fourth-order valence-electron chi connectivity index (χ4n) is 2.20. The van der Waals surface area contributed by atoms with E-state index in [2.05, 4.69) is 10.2 Å². The van der Waals surface area contributed by atoms with Gasteiger partial charge >= 0.3 is 0 Å². The third-order valence-corrected chi connectivity index (χ3v) is 4.61. The van der Waals surface area contributed by atoms with E-state index in [0.29, 0.717) is 21.5 Å². The minimum atomic E-state index is -0.398. The second-order valence-electron chi connectivity index (χ2n) is 4.90. The van der Waals surface area contributed by atoms with Crippen molar-refractivity contribution in [1.29, 1.82) is 0 Å². The fraction of sp³-hybridized carbons (Fsp3) is 0.125. The summed E-state index contributed by atoms with van der Waals surface area (Å²) in [4.78, 5) is 0. The molecule has 3 aromatic rings. The van der Waals surface area contributed by atoms with Gasteiger partial charge in [0.1, 0.15) is 11.6 Å². The Hall–Kier alpha value is -2.25. The molecule has 24 heavy (non-hydrogen) atoms. The smallest absolute Gasteiger partial charge is 0.210 e. The van der Waals surface area contributed by atoms with Gasteiger partial charge in [-0.2, -0.15) is 0 Å². The van der Waals surface area contributed by atoms with Crippen molar-refractivity contribution in [3.63, 3.8) is 0 Å². The first-order valence-electron chi connectivity index (χ1n) is 7.00. The lowest BCUT2D eigenvalue weighted by Gasteiger charge is -2.08. The van der Waals surface area contributed by atoms with E-state index in [4.69, 9.17) is 22.2 Å². The summed E-state index contributed by atoms with van der Waals surface area (Å²) in [6.45, 7) is 0. The zero-order valence-corrected chi connectivity index (χ0v) is 14.3. The van der Waals surface area contributed by atoms with Crippen LogP contribution >= 0.6 is 23.4 Å². The summed E-state index contributed by atoms with van der Waals surface area (Å²) in [7, 11) is 1.60. The van der Waals surface area contributed by atoms with E-state index in [9.17, 15) is 4.39 Å². The molecule has 0 saturated heterocycles. The fourth-order valence-corrected chi connectivity index (χ4v) is 3.23. The predicted octanol–water partition coefficient (Wildman–Crippen LogP) is 3.75. The molecule has 2 aromatic carbocycles. The molecule has 124 valence electrons. The number of thioether (sulfide) groups is 1. The van der Waals surface area contributed by atoms with Gasteiger partial charge in [0.25, 0.3) is 0 Å². The molecule has 8 heteroatoms. The van der Waals surface area contributed by atoms with E-state index in [1.165, 1.54) is 22.5 Å². The minimum Gasteiger partial charge on any atom is -0.496 e. The molecule has 0 saturated carbocycles. The SMILES string of the molecule is COc1ccc(Cl)cc1CSc1nnc(-c2ccccc2F)n1N. The zero-order chi connectivity index (χ0) is 17.1. The van der Waals surface area contributed by atoms with Crippen molar-refractivity contribution in [1.82, 2.24) is 14.9 Å². The van der Waals surface area contributed by atoms with Crippen LogP contribution in [0.4, 0.5) is 4.39 Å². The number of nitrogens with two attached hydrogens (primary N) is 1. The lowest BCUT2D eigenvalue weighted by molar-refractivity contribution is 0.411. The highest BCUT2D eigenvalue weighted by Crippen LogP contribution is 2.30. The molecule has 0 fully saturated rings. The molecular weight excluding hydrogens is 351 g/mol. The Kier molecular flexibility index (Phi) is 4.92. The van der Waals surface area contributed by atoms with Crippen molar-refractivity contribution in [2.24, 2.45) is 0 Å². The average molecular weight is 365 g/mol. The summed E-state index contributed by atoms with van der Waals surface area (Å²) < 4.78 is 20.5. The predicted molar refractivity (Wildman–Crippen MR) is 93.1 cm³/mol. The largest absolute Gasteiger partial charge is 0.496 e. The van der Waals surface area contributed by atoms with Gasteiger partial charge in [-0.3, -0.25) is 0 Å². The molecule has 1 aromatic heterocycles. The highest BCUT2D eigenvalue weighted by molar-refractivity contribution is 7.98. The standard InChI is InChI=1S/C16H14ClFN4OS/c1-23-14-7-6-11(17)8-10(14)9-24-16-21-20-15(22(16)19)12-4-2-3-5-13(12)18/h2-8H,9,19H2,1H3. The van der Waals surface area contributed by atoms with E-state index in [1.807, 2.05) is 6.07 Å². The number of nitrogen functional groups attached to an aromatic ring is 1. The van der Waals surface area contributed by atoms with Crippen LogP contribution in [-0.2, 0) is 5.75 Å². The topological polar surface area (TPSA) is 66.0 Å². The normalized spacial score (nSPS) is 10.8. The van der Waals surface area contributed by atoms with Gasteiger partial charge < -0.3 is 10.6 Å². The molecule has 0 radical (unpaired) electrons. The molecule has 0 aliphatic rings. The number of hydrogen-bond donors (Lipinski definition) is 1. The Labute approximate surface area is 147 Å². The van der Waals surface area contributed by atoms with Crippen LogP contribution in [0.2, 0.25) is 5.02 Å². The number of ether oxygens (including phenoxy) is 1. The molecule has 5 nitrogen and oxygen atoms in total. The molecule has 0 spiro atoms. The molecule has 3 rings (SSSR count). The summed E-state index contributed by atoms with van der Waals surface area (Å²) in [5.41, 5.74) is 1.21. The number of aromatic nitrogens is 3. The van der Waals surface area contributed by atoms with E-state index < -0.39 is 5.82 Å². The van der Waals surface area contributed by atoms with E-state index in [1.54, 1.807) is 37.4 Å². The van der Waals surface area contributed by atoms with Crippen LogP contribution in [-0.4, -0.2) is 22.0 Å². The molecule has 0 aliphatic carbocycles. The van der Waals surface area contributed by atoms with Gasteiger partial charge in [-0.1, -0.05) is 35.5 Å². The zero-order valence-electron chi connectivity index (χ0n) is 12.7. The number of benzene rings is 2. The first-order valence-corrected chi connectivity index (χ1v) is 8.37. The Morgan fingerprint density at radius 3 is 2.79 bits per heavy atom. The Morgan fingerprint density at radius 1 is 1.25 bits per heavy atom. The molecule has 0 aliphatic heterocycles. The second-order valence-corrected chi connectivity index (χ2v) is 6.28. The van der Waals surface area contributed by atoms with Crippen molar-refractivity contribution in [3.8, 4) is 17.1 Å². The number of methoxy groups -OCH3 is 1. The third kappa shape index (κ3) is 3.32. The minimum absolute atomic E-state index is 0.272. The monoisotopic (exact) mass is 364 g/mol. The summed E-state index contributed by atoms with van der Waals surface area (Å²) >= 11 is 7.39. The summed E-state index contributed by atoms with van der Waals surface area (Å²) in [5, 5.41) is 9.11.